The first-order valence-electron chi connectivity index (χ1n) is 2.61. The second-order valence-corrected chi connectivity index (χ2v) is 1.72. The van der Waals surface area contributed by atoms with Gasteiger partial charge in [0.2, 0.25) is 0 Å². The van der Waals surface area contributed by atoms with Gasteiger partial charge in [-0.25, -0.2) is 0 Å². The minimum absolute atomic E-state index is 0.468. The van der Waals surface area contributed by atoms with Crippen LogP contribution in [0.25, 0.3) is 0 Å². The topological polar surface area (TPSA) is 63.9 Å². The van der Waals surface area contributed by atoms with Crippen molar-refractivity contribution >= 4 is 5.69 Å². The maximum Gasteiger partial charge on any atom is 0.111 e. The number of anilines is 1. The van der Waals surface area contributed by atoms with Gasteiger partial charge in [0.25, 0.3) is 0 Å². The molecule has 1 rings (SSSR count). The first kappa shape index (κ1) is 6.10. The molecule has 3 N–H and O–H groups in total. The van der Waals surface area contributed by atoms with Gasteiger partial charge in [-0.1, -0.05) is 0 Å². The Hall–Kier alpha value is -1.03. The van der Waals surface area contributed by atoms with Crippen LogP contribution in [-0.2, 0) is 11.3 Å². The number of nitrogens with zero attached hydrogens (tertiary/aromatic N) is 1. The number of nitrogens with two attached hydrogens (primary N) is 1. The van der Waals surface area contributed by atoms with Crippen molar-refractivity contribution in [2.24, 2.45) is 0 Å². The van der Waals surface area contributed by atoms with Gasteiger partial charge in [0.15, 0.2) is 0 Å². The highest BCUT2D eigenvalue weighted by atomic mass is 16.5. The number of H-pyrrole nitrogens is 1. The minimum atomic E-state index is 0.468. The van der Waals surface area contributed by atoms with Crippen molar-refractivity contribution < 1.29 is 4.74 Å². The summed E-state index contributed by atoms with van der Waals surface area (Å²) in [5.41, 5.74) is 6.86. The zero-order valence-corrected chi connectivity index (χ0v) is 5.22. The summed E-state index contributed by atoms with van der Waals surface area (Å²) in [7, 11) is 1.61. The Bertz CT molecular complexity index is 184. The van der Waals surface area contributed by atoms with Crippen LogP contribution in [0, 0.1) is 0 Å². The lowest BCUT2D eigenvalue weighted by Gasteiger charge is -1.92. The molecular weight excluding hydrogens is 118 g/mol. The SMILES string of the molecule is COCc1n[nH]cc1N. The highest BCUT2D eigenvalue weighted by Gasteiger charge is 1.98. The summed E-state index contributed by atoms with van der Waals surface area (Å²) >= 11 is 0. The standard InChI is InChI=1S/C5H9N3O/c1-9-3-5-4(6)2-7-8-5/h2H,3,6H2,1H3,(H,7,8). The van der Waals surface area contributed by atoms with E-state index in [-0.39, 0.29) is 0 Å². The average Bonchev–Trinajstić information content (AvgIpc) is 2.18. The number of nitrogens with one attached hydrogen (secondary N) is 1. The predicted octanol–water partition coefficient (Wildman–Crippen LogP) is 0.138. The van der Waals surface area contributed by atoms with E-state index < -0.39 is 0 Å². The summed E-state index contributed by atoms with van der Waals surface area (Å²) in [5, 5.41) is 6.46. The van der Waals surface area contributed by atoms with E-state index in [1.54, 1.807) is 13.3 Å². The van der Waals surface area contributed by atoms with Crippen LogP contribution in [0.5, 0.6) is 0 Å². The van der Waals surface area contributed by atoms with E-state index in [0.717, 1.165) is 5.69 Å². The normalized spacial score (nSPS) is 9.89. The second kappa shape index (κ2) is 2.50. The van der Waals surface area contributed by atoms with Crippen LogP contribution in [0.15, 0.2) is 6.20 Å². The molecule has 0 saturated carbocycles. The largest absolute Gasteiger partial charge is 0.396 e. The molecule has 1 heterocycles. The molecule has 0 aliphatic heterocycles. The zero-order valence-electron chi connectivity index (χ0n) is 5.22. The summed E-state index contributed by atoms with van der Waals surface area (Å²) in [6.45, 7) is 0.468. The van der Waals surface area contributed by atoms with E-state index in [0.29, 0.717) is 12.3 Å². The van der Waals surface area contributed by atoms with Gasteiger partial charge in [0.05, 0.1) is 12.3 Å². The number of aromatic nitrogens is 2. The third kappa shape index (κ3) is 1.20. The van der Waals surface area contributed by atoms with Crippen molar-refractivity contribution in [2.75, 3.05) is 12.8 Å². The zero-order chi connectivity index (χ0) is 6.69. The van der Waals surface area contributed by atoms with Crippen LogP contribution >= 0.6 is 0 Å². The fourth-order valence-corrected chi connectivity index (χ4v) is 0.580. The molecule has 0 radical (unpaired) electrons. The first-order chi connectivity index (χ1) is 4.34. The van der Waals surface area contributed by atoms with Gasteiger partial charge in [-0.15, -0.1) is 0 Å². The molecule has 0 spiro atoms. The number of nitrogen functional groups attached to an aromatic ring is 1. The van der Waals surface area contributed by atoms with E-state index >= 15 is 0 Å². The van der Waals surface area contributed by atoms with Crippen LogP contribution in [0.1, 0.15) is 5.69 Å². The summed E-state index contributed by atoms with van der Waals surface area (Å²) in [6.07, 6.45) is 1.63. The van der Waals surface area contributed by atoms with E-state index in [1.807, 2.05) is 0 Å². The monoisotopic (exact) mass is 127 g/mol. The highest BCUT2D eigenvalue weighted by Crippen LogP contribution is 2.05. The van der Waals surface area contributed by atoms with E-state index in [2.05, 4.69) is 10.2 Å². The maximum atomic E-state index is 5.45. The van der Waals surface area contributed by atoms with Gasteiger partial charge in [0, 0.05) is 13.3 Å². The van der Waals surface area contributed by atoms with E-state index in [9.17, 15) is 0 Å². The fourth-order valence-electron chi connectivity index (χ4n) is 0.580. The summed E-state index contributed by atoms with van der Waals surface area (Å²) in [4.78, 5) is 0. The molecule has 0 amide bonds. The van der Waals surface area contributed by atoms with Crippen LogP contribution in [-0.4, -0.2) is 17.3 Å². The van der Waals surface area contributed by atoms with Gasteiger partial charge in [-0.3, -0.25) is 5.10 Å². The van der Waals surface area contributed by atoms with Crippen molar-refractivity contribution in [1.29, 1.82) is 0 Å². The van der Waals surface area contributed by atoms with Gasteiger partial charge in [0.1, 0.15) is 5.69 Å². The maximum absolute atomic E-state index is 5.45. The number of methoxy groups -OCH3 is 1. The smallest absolute Gasteiger partial charge is 0.111 e. The molecule has 0 fully saturated rings. The van der Waals surface area contributed by atoms with Crippen LogP contribution in [0.4, 0.5) is 5.69 Å². The third-order valence-electron chi connectivity index (χ3n) is 1.03. The van der Waals surface area contributed by atoms with Crippen LogP contribution in [0.2, 0.25) is 0 Å². The molecule has 0 aromatic carbocycles. The minimum Gasteiger partial charge on any atom is -0.396 e. The molecule has 50 valence electrons. The molecule has 4 nitrogen and oxygen atoms in total. The summed E-state index contributed by atoms with van der Waals surface area (Å²) in [5.74, 6) is 0. The van der Waals surface area contributed by atoms with Gasteiger partial charge < -0.3 is 10.5 Å². The fraction of sp³-hybridized carbons (Fsp3) is 0.400. The van der Waals surface area contributed by atoms with Crippen molar-refractivity contribution in [3.63, 3.8) is 0 Å². The molecule has 1 aromatic heterocycles. The Morgan fingerprint density at radius 3 is 3.11 bits per heavy atom. The lowest BCUT2D eigenvalue weighted by Crippen LogP contribution is -1.92. The van der Waals surface area contributed by atoms with Crippen molar-refractivity contribution in [3.8, 4) is 0 Å². The van der Waals surface area contributed by atoms with E-state index in [1.165, 1.54) is 0 Å². The van der Waals surface area contributed by atoms with Gasteiger partial charge >= 0.3 is 0 Å². The molecule has 4 heteroatoms. The van der Waals surface area contributed by atoms with Gasteiger partial charge in [-0.05, 0) is 0 Å². The van der Waals surface area contributed by atoms with Crippen LogP contribution in [0.3, 0.4) is 0 Å². The van der Waals surface area contributed by atoms with E-state index in [4.69, 9.17) is 10.5 Å². The summed E-state index contributed by atoms with van der Waals surface area (Å²) < 4.78 is 4.80. The molecular formula is C5H9N3O. The third-order valence-corrected chi connectivity index (χ3v) is 1.03. The second-order valence-electron chi connectivity index (χ2n) is 1.72. The number of rotatable bonds is 2. The highest BCUT2D eigenvalue weighted by molar-refractivity contribution is 5.39. The molecule has 0 atom stereocenters. The molecule has 0 aliphatic rings. The number of ether oxygens (including phenoxy) is 1. The molecule has 0 saturated heterocycles. The Morgan fingerprint density at radius 2 is 2.67 bits per heavy atom. The van der Waals surface area contributed by atoms with Crippen molar-refractivity contribution in [3.05, 3.63) is 11.9 Å². The lowest BCUT2D eigenvalue weighted by atomic mass is 10.4. The van der Waals surface area contributed by atoms with Crippen molar-refractivity contribution in [1.82, 2.24) is 10.2 Å². The Kier molecular flexibility index (Phi) is 1.69. The molecule has 1 aromatic rings. The van der Waals surface area contributed by atoms with Crippen molar-refractivity contribution in [2.45, 2.75) is 6.61 Å². The average molecular weight is 127 g/mol. The number of hydrogen-bond acceptors (Lipinski definition) is 3. The summed E-state index contributed by atoms with van der Waals surface area (Å²) in [6, 6.07) is 0. The lowest BCUT2D eigenvalue weighted by molar-refractivity contribution is 0.182. The Balaban J connectivity index is 2.69. The quantitative estimate of drug-likeness (QED) is 0.593. The first-order valence-corrected chi connectivity index (χ1v) is 2.61. The van der Waals surface area contributed by atoms with Crippen LogP contribution < -0.4 is 5.73 Å². The van der Waals surface area contributed by atoms with Gasteiger partial charge in [-0.2, -0.15) is 5.10 Å². The molecule has 0 unspecified atom stereocenters. The molecule has 0 bridgehead atoms. The predicted molar refractivity (Wildman–Crippen MR) is 33.7 cm³/mol. The molecule has 0 aliphatic carbocycles. The number of hydrogen-bond donors (Lipinski definition) is 2. The Morgan fingerprint density at radius 1 is 1.89 bits per heavy atom. The molecule has 9 heavy (non-hydrogen) atoms. The number of aromatic amines is 1. The Labute approximate surface area is 53.0 Å².